The molecule has 0 atom stereocenters. The monoisotopic (exact) mass is 493 g/mol. The van der Waals surface area contributed by atoms with Crippen molar-refractivity contribution < 1.29 is 8.78 Å². The van der Waals surface area contributed by atoms with E-state index < -0.39 is 6.43 Å². The molecule has 0 radical (unpaired) electrons. The van der Waals surface area contributed by atoms with Gasteiger partial charge in [-0.1, -0.05) is 37.4 Å². The average molecular weight is 494 g/mol. The number of fused-ring (bicyclic) bond motifs is 1. The fraction of sp³-hybridized carbons (Fsp3) is 0.318. The number of aromatic nitrogens is 5. The predicted molar refractivity (Wildman–Crippen MR) is 133 cm³/mol. The first-order valence-electron chi connectivity index (χ1n) is 10.3. The SMILES string of the molecule is CC.CSN(C)c1cc(-n2ccc(C)n2)ccc1Nc1cc(Cl)nc2c1nc(C(F)F)n2C. The summed E-state index contributed by atoms with van der Waals surface area (Å²) in [5.41, 5.74) is 4.56. The van der Waals surface area contributed by atoms with Gasteiger partial charge in [0.1, 0.15) is 10.7 Å². The van der Waals surface area contributed by atoms with E-state index in [-0.39, 0.29) is 16.6 Å². The van der Waals surface area contributed by atoms with Crippen molar-refractivity contribution in [3.8, 4) is 5.69 Å². The number of halogens is 3. The third kappa shape index (κ3) is 5.06. The third-order valence-electron chi connectivity index (χ3n) is 4.88. The first-order valence-corrected chi connectivity index (χ1v) is 11.9. The van der Waals surface area contributed by atoms with Crippen LogP contribution in [-0.4, -0.2) is 37.6 Å². The molecule has 0 aliphatic carbocycles. The van der Waals surface area contributed by atoms with Crippen LogP contribution in [0.25, 0.3) is 16.9 Å². The van der Waals surface area contributed by atoms with Gasteiger partial charge in [0, 0.05) is 32.6 Å². The number of nitrogens with one attached hydrogen (secondary N) is 1. The predicted octanol–water partition coefficient (Wildman–Crippen LogP) is 6.54. The number of rotatable bonds is 6. The van der Waals surface area contributed by atoms with Crippen LogP contribution in [0, 0.1) is 6.92 Å². The van der Waals surface area contributed by atoms with Gasteiger partial charge < -0.3 is 14.2 Å². The molecule has 0 aliphatic heterocycles. The van der Waals surface area contributed by atoms with Gasteiger partial charge in [-0.05, 0) is 31.2 Å². The van der Waals surface area contributed by atoms with Crippen LogP contribution in [-0.2, 0) is 7.05 Å². The normalized spacial score (nSPS) is 11.0. The minimum absolute atomic E-state index is 0.183. The molecule has 7 nitrogen and oxygen atoms in total. The molecular formula is C22H26ClF2N7S. The topological polar surface area (TPSA) is 63.8 Å². The Balaban J connectivity index is 0.00000149. The van der Waals surface area contributed by atoms with Gasteiger partial charge in [-0.2, -0.15) is 5.10 Å². The Hall–Kier alpha value is -2.85. The molecule has 0 saturated heterocycles. The molecule has 0 fully saturated rings. The minimum atomic E-state index is -2.72. The van der Waals surface area contributed by atoms with Gasteiger partial charge in [0.2, 0.25) is 0 Å². The van der Waals surface area contributed by atoms with Gasteiger partial charge >= 0.3 is 0 Å². The zero-order valence-corrected chi connectivity index (χ0v) is 20.8. The number of hydrogen-bond donors (Lipinski definition) is 1. The van der Waals surface area contributed by atoms with Crippen molar-refractivity contribution in [1.29, 1.82) is 0 Å². The van der Waals surface area contributed by atoms with Gasteiger partial charge in [-0.15, -0.1) is 0 Å². The number of nitrogens with zero attached hydrogens (tertiary/aromatic N) is 6. The molecule has 3 heterocycles. The van der Waals surface area contributed by atoms with Gasteiger partial charge in [0.15, 0.2) is 11.5 Å². The second kappa shape index (κ2) is 10.4. The lowest BCUT2D eigenvalue weighted by Gasteiger charge is -2.21. The lowest BCUT2D eigenvalue weighted by molar-refractivity contribution is 0.137. The van der Waals surface area contributed by atoms with Crippen molar-refractivity contribution in [2.75, 3.05) is 22.9 Å². The summed E-state index contributed by atoms with van der Waals surface area (Å²) < 4.78 is 31.8. The lowest BCUT2D eigenvalue weighted by atomic mass is 10.2. The molecule has 33 heavy (non-hydrogen) atoms. The molecule has 3 aromatic heterocycles. The molecule has 11 heteroatoms. The average Bonchev–Trinajstić information content (AvgIpc) is 3.38. The largest absolute Gasteiger partial charge is 0.352 e. The summed E-state index contributed by atoms with van der Waals surface area (Å²) in [5, 5.41) is 7.95. The van der Waals surface area contributed by atoms with E-state index in [2.05, 4.69) is 20.4 Å². The van der Waals surface area contributed by atoms with Crippen LogP contribution in [0.15, 0.2) is 36.5 Å². The quantitative estimate of drug-likeness (QED) is 0.243. The highest BCUT2D eigenvalue weighted by molar-refractivity contribution is 7.99. The van der Waals surface area contributed by atoms with E-state index >= 15 is 0 Å². The number of anilines is 3. The molecule has 4 rings (SSSR count). The molecule has 176 valence electrons. The molecule has 0 saturated carbocycles. The highest BCUT2D eigenvalue weighted by atomic mass is 35.5. The second-order valence-electron chi connectivity index (χ2n) is 6.90. The van der Waals surface area contributed by atoms with E-state index in [0.717, 1.165) is 22.8 Å². The summed E-state index contributed by atoms with van der Waals surface area (Å²) in [7, 11) is 3.44. The number of benzene rings is 1. The molecule has 4 aromatic rings. The van der Waals surface area contributed by atoms with Crippen molar-refractivity contribution in [1.82, 2.24) is 24.3 Å². The summed E-state index contributed by atoms with van der Waals surface area (Å²) in [4.78, 5) is 8.28. The van der Waals surface area contributed by atoms with Crippen molar-refractivity contribution in [2.45, 2.75) is 27.2 Å². The standard InChI is InChI=1S/C20H20ClF2N7S.C2H6/c1-11-7-8-30(27-11)12-5-6-13(15(9-12)29(3)31-4)24-14-10-16(21)25-19-17(14)26-20(18(22)23)28(19)2;1-2/h5-10,18H,1-4H3,(H,24,25);1-2H3. The molecule has 0 amide bonds. The number of alkyl halides is 2. The third-order valence-corrected chi connectivity index (χ3v) is 5.81. The van der Waals surface area contributed by atoms with Gasteiger partial charge in [0.05, 0.1) is 28.4 Å². The van der Waals surface area contributed by atoms with Gasteiger partial charge in [-0.25, -0.2) is 23.4 Å². The molecular weight excluding hydrogens is 468 g/mol. The number of hydrogen-bond acceptors (Lipinski definition) is 6. The van der Waals surface area contributed by atoms with E-state index in [9.17, 15) is 8.78 Å². The van der Waals surface area contributed by atoms with Crippen molar-refractivity contribution in [3.63, 3.8) is 0 Å². The number of imidazole rings is 1. The van der Waals surface area contributed by atoms with E-state index in [1.807, 2.05) is 68.8 Å². The van der Waals surface area contributed by atoms with Crippen molar-refractivity contribution >= 4 is 51.8 Å². The maximum Gasteiger partial charge on any atom is 0.295 e. The fourth-order valence-electron chi connectivity index (χ4n) is 3.26. The first kappa shape index (κ1) is 24.8. The second-order valence-corrected chi connectivity index (χ2v) is 8.20. The Morgan fingerprint density at radius 2 is 1.85 bits per heavy atom. The van der Waals surface area contributed by atoms with E-state index in [4.69, 9.17) is 11.6 Å². The van der Waals surface area contributed by atoms with Crippen molar-refractivity contribution in [2.24, 2.45) is 7.05 Å². The fourth-order valence-corrected chi connectivity index (χ4v) is 3.79. The van der Waals surface area contributed by atoms with Gasteiger partial charge in [-0.3, -0.25) is 0 Å². The summed E-state index contributed by atoms with van der Waals surface area (Å²) in [5.74, 6) is -0.362. The zero-order valence-electron chi connectivity index (χ0n) is 19.3. The molecule has 1 N–H and O–H groups in total. The summed E-state index contributed by atoms with van der Waals surface area (Å²) >= 11 is 7.72. The van der Waals surface area contributed by atoms with Crippen LogP contribution in [0.3, 0.4) is 0 Å². The highest BCUT2D eigenvalue weighted by Gasteiger charge is 2.21. The van der Waals surface area contributed by atoms with Crippen LogP contribution < -0.4 is 9.62 Å². The highest BCUT2D eigenvalue weighted by Crippen LogP contribution is 2.36. The van der Waals surface area contributed by atoms with Crippen LogP contribution >= 0.6 is 23.5 Å². The molecule has 0 bridgehead atoms. The summed E-state index contributed by atoms with van der Waals surface area (Å²) in [6.07, 6.45) is 1.14. The Morgan fingerprint density at radius 1 is 1.12 bits per heavy atom. The molecule has 0 aliphatic rings. The Kier molecular flexibility index (Phi) is 7.80. The van der Waals surface area contributed by atoms with Crippen LogP contribution in [0.2, 0.25) is 5.15 Å². The van der Waals surface area contributed by atoms with E-state index in [1.54, 1.807) is 10.7 Å². The Bertz CT molecular complexity index is 1260. The molecule has 0 unspecified atom stereocenters. The minimum Gasteiger partial charge on any atom is -0.352 e. The number of pyridine rings is 1. The first-order chi connectivity index (χ1) is 15.8. The summed E-state index contributed by atoms with van der Waals surface area (Å²) in [6, 6.07) is 9.34. The Labute approximate surface area is 200 Å². The van der Waals surface area contributed by atoms with Crippen LogP contribution in [0.1, 0.15) is 31.8 Å². The number of aryl methyl sites for hydroxylation is 2. The lowest BCUT2D eigenvalue weighted by Crippen LogP contribution is -2.09. The smallest absolute Gasteiger partial charge is 0.295 e. The van der Waals surface area contributed by atoms with Gasteiger partial charge in [0.25, 0.3) is 6.43 Å². The Morgan fingerprint density at radius 3 is 2.45 bits per heavy atom. The van der Waals surface area contributed by atoms with E-state index in [0.29, 0.717) is 11.2 Å². The molecule has 0 spiro atoms. The van der Waals surface area contributed by atoms with Crippen molar-refractivity contribution in [3.05, 3.63) is 53.2 Å². The van der Waals surface area contributed by atoms with Crippen LogP contribution in [0.5, 0.6) is 0 Å². The maximum absolute atomic E-state index is 13.4. The van der Waals surface area contributed by atoms with Crippen LogP contribution in [0.4, 0.5) is 25.8 Å². The molecule has 1 aromatic carbocycles. The summed E-state index contributed by atoms with van der Waals surface area (Å²) in [6.45, 7) is 5.93. The maximum atomic E-state index is 13.4. The van der Waals surface area contributed by atoms with E-state index in [1.165, 1.54) is 23.6 Å². The zero-order chi connectivity index (χ0) is 24.3.